The van der Waals surface area contributed by atoms with Gasteiger partial charge in [-0.15, -0.1) is 0 Å². The fourth-order valence-electron chi connectivity index (χ4n) is 2.99. The number of carbonyl (C=O) groups is 1. The molecular weight excluding hydrogens is 310 g/mol. The Morgan fingerprint density at radius 3 is 2.33 bits per heavy atom. The van der Waals surface area contributed by atoms with Crippen LogP contribution in [-0.2, 0) is 0 Å². The molecule has 1 aliphatic rings. The van der Waals surface area contributed by atoms with Crippen LogP contribution in [0.1, 0.15) is 11.6 Å². The van der Waals surface area contributed by atoms with Gasteiger partial charge < -0.3 is 10.0 Å². The predicted molar refractivity (Wildman–Crippen MR) is 89.2 cm³/mol. The maximum atomic E-state index is 11.6. The summed E-state index contributed by atoms with van der Waals surface area (Å²) in [4.78, 5) is 25.4. The summed E-state index contributed by atoms with van der Waals surface area (Å²) in [5.41, 5.74) is 1.79. The number of hydrogen-bond donors (Lipinski definition) is 1. The van der Waals surface area contributed by atoms with Crippen LogP contribution in [0.5, 0.6) is 0 Å². The quantitative estimate of drug-likeness (QED) is 0.691. The number of carboxylic acid groups (broad SMARTS) is 1. The number of amides is 1. The molecule has 0 spiro atoms. The number of benzene rings is 2. The van der Waals surface area contributed by atoms with E-state index >= 15 is 0 Å². The molecule has 24 heavy (non-hydrogen) atoms. The number of hydrogen-bond acceptors (Lipinski definition) is 4. The lowest BCUT2D eigenvalue weighted by Gasteiger charge is -2.41. The highest BCUT2D eigenvalue weighted by atomic mass is 16.6. The van der Waals surface area contributed by atoms with Crippen molar-refractivity contribution in [3.63, 3.8) is 0 Å². The van der Waals surface area contributed by atoms with E-state index in [0.717, 1.165) is 11.3 Å². The molecule has 1 saturated heterocycles. The maximum Gasteiger partial charge on any atom is 0.407 e. The van der Waals surface area contributed by atoms with E-state index in [1.165, 1.54) is 17.0 Å². The first kappa shape index (κ1) is 15.8. The van der Waals surface area contributed by atoms with E-state index in [9.17, 15) is 20.0 Å². The van der Waals surface area contributed by atoms with E-state index < -0.39 is 11.0 Å². The van der Waals surface area contributed by atoms with Crippen molar-refractivity contribution in [3.05, 3.63) is 70.3 Å². The van der Waals surface area contributed by atoms with Crippen molar-refractivity contribution in [2.24, 2.45) is 0 Å². The molecule has 1 amide bonds. The number of nitro groups is 1. The summed E-state index contributed by atoms with van der Waals surface area (Å²) in [6.45, 7) is 1.50. The molecule has 0 aromatic heterocycles. The molecule has 1 N–H and O–H groups in total. The van der Waals surface area contributed by atoms with E-state index in [4.69, 9.17) is 0 Å². The van der Waals surface area contributed by atoms with Crippen molar-refractivity contribution < 1.29 is 14.8 Å². The molecule has 1 unspecified atom stereocenters. The molecule has 124 valence electrons. The fourth-order valence-corrected chi connectivity index (χ4v) is 2.99. The van der Waals surface area contributed by atoms with Crippen molar-refractivity contribution in [2.45, 2.75) is 6.04 Å². The van der Waals surface area contributed by atoms with Gasteiger partial charge in [0.05, 0.1) is 11.0 Å². The lowest BCUT2D eigenvalue weighted by atomic mass is 10.0. The standard InChI is InChI=1S/C17H17N3O4/c21-17(22)19-11-10-18(14-4-2-1-3-5-14)12-16(19)13-6-8-15(9-7-13)20(23)24/h1-9,16H,10-12H2,(H,21,22). The van der Waals surface area contributed by atoms with E-state index in [1.807, 2.05) is 30.3 Å². The Labute approximate surface area is 138 Å². The van der Waals surface area contributed by atoms with Crippen LogP contribution >= 0.6 is 0 Å². The third-order valence-electron chi connectivity index (χ3n) is 4.24. The first-order valence-electron chi connectivity index (χ1n) is 7.60. The average Bonchev–Trinajstić information content (AvgIpc) is 2.62. The zero-order chi connectivity index (χ0) is 17.1. The lowest BCUT2D eigenvalue weighted by Crippen LogP contribution is -2.50. The summed E-state index contributed by atoms with van der Waals surface area (Å²) in [6.07, 6.45) is -0.980. The van der Waals surface area contributed by atoms with Gasteiger partial charge in [0.25, 0.3) is 5.69 Å². The minimum absolute atomic E-state index is 0.00338. The lowest BCUT2D eigenvalue weighted by molar-refractivity contribution is -0.384. The minimum atomic E-state index is -0.980. The van der Waals surface area contributed by atoms with Gasteiger partial charge in [0.15, 0.2) is 0 Å². The minimum Gasteiger partial charge on any atom is -0.465 e. The maximum absolute atomic E-state index is 11.6. The number of para-hydroxylation sites is 1. The second kappa shape index (κ2) is 6.57. The van der Waals surface area contributed by atoms with Crippen LogP contribution in [0, 0.1) is 10.1 Å². The van der Waals surface area contributed by atoms with Crippen molar-refractivity contribution in [3.8, 4) is 0 Å². The Morgan fingerprint density at radius 1 is 1.08 bits per heavy atom. The molecule has 1 aliphatic heterocycles. The Bertz CT molecular complexity index is 733. The van der Waals surface area contributed by atoms with Crippen LogP contribution in [0.4, 0.5) is 16.2 Å². The van der Waals surface area contributed by atoms with Crippen LogP contribution in [-0.4, -0.2) is 40.7 Å². The van der Waals surface area contributed by atoms with Gasteiger partial charge in [-0.1, -0.05) is 30.3 Å². The first-order chi connectivity index (χ1) is 11.6. The number of anilines is 1. The van der Waals surface area contributed by atoms with Crippen LogP contribution < -0.4 is 4.90 Å². The van der Waals surface area contributed by atoms with Crippen LogP contribution in [0.25, 0.3) is 0 Å². The SMILES string of the molecule is O=C(O)N1CCN(c2ccccc2)CC1c1ccc([N+](=O)[O-])cc1. The Balaban J connectivity index is 1.88. The number of nitrogens with zero attached hydrogens (tertiary/aromatic N) is 3. The Kier molecular flexibility index (Phi) is 4.33. The summed E-state index contributed by atoms with van der Waals surface area (Å²) >= 11 is 0. The highest BCUT2D eigenvalue weighted by Gasteiger charge is 2.31. The molecule has 1 fully saturated rings. The van der Waals surface area contributed by atoms with Crippen LogP contribution in [0.3, 0.4) is 0 Å². The van der Waals surface area contributed by atoms with Crippen molar-refractivity contribution in [1.29, 1.82) is 0 Å². The summed E-state index contributed by atoms with van der Waals surface area (Å²) in [5, 5.41) is 20.3. The molecule has 1 heterocycles. The normalized spacial score (nSPS) is 17.6. The summed E-state index contributed by atoms with van der Waals surface area (Å²) in [7, 11) is 0. The van der Waals surface area contributed by atoms with E-state index in [1.54, 1.807) is 12.1 Å². The smallest absolute Gasteiger partial charge is 0.407 e. The first-order valence-corrected chi connectivity index (χ1v) is 7.60. The van der Waals surface area contributed by atoms with Gasteiger partial charge in [0.1, 0.15) is 0 Å². The highest BCUT2D eigenvalue weighted by molar-refractivity contribution is 5.67. The molecule has 0 aliphatic carbocycles. The summed E-state index contributed by atoms with van der Waals surface area (Å²) in [5.74, 6) is 0. The predicted octanol–water partition coefficient (Wildman–Crippen LogP) is 3.14. The van der Waals surface area contributed by atoms with E-state index in [-0.39, 0.29) is 11.7 Å². The molecule has 3 rings (SSSR count). The molecular formula is C17H17N3O4. The van der Waals surface area contributed by atoms with Gasteiger partial charge in [-0.05, 0) is 17.7 Å². The Hall–Kier alpha value is -3.09. The average molecular weight is 327 g/mol. The molecule has 2 aromatic carbocycles. The number of piperazine rings is 1. The summed E-state index contributed by atoms with van der Waals surface area (Å²) < 4.78 is 0. The molecule has 0 saturated carbocycles. The number of rotatable bonds is 3. The zero-order valence-electron chi connectivity index (χ0n) is 12.9. The van der Waals surface area contributed by atoms with Gasteiger partial charge in [0, 0.05) is 37.5 Å². The molecule has 2 aromatic rings. The van der Waals surface area contributed by atoms with Crippen molar-refractivity contribution in [2.75, 3.05) is 24.5 Å². The van der Waals surface area contributed by atoms with Crippen LogP contribution in [0.15, 0.2) is 54.6 Å². The second-order valence-electron chi connectivity index (χ2n) is 5.62. The van der Waals surface area contributed by atoms with E-state index in [0.29, 0.717) is 19.6 Å². The van der Waals surface area contributed by atoms with Gasteiger partial charge >= 0.3 is 6.09 Å². The third-order valence-corrected chi connectivity index (χ3v) is 4.24. The Morgan fingerprint density at radius 2 is 1.75 bits per heavy atom. The molecule has 0 radical (unpaired) electrons. The fraction of sp³-hybridized carbons (Fsp3) is 0.235. The van der Waals surface area contributed by atoms with Crippen molar-refractivity contribution in [1.82, 2.24) is 4.90 Å². The van der Waals surface area contributed by atoms with Gasteiger partial charge in [-0.3, -0.25) is 15.0 Å². The van der Waals surface area contributed by atoms with Gasteiger partial charge in [-0.2, -0.15) is 0 Å². The van der Waals surface area contributed by atoms with E-state index in [2.05, 4.69) is 4.90 Å². The second-order valence-corrected chi connectivity index (χ2v) is 5.62. The van der Waals surface area contributed by atoms with Gasteiger partial charge in [0.2, 0.25) is 0 Å². The number of nitro benzene ring substituents is 1. The molecule has 0 bridgehead atoms. The molecule has 7 heteroatoms. The zero-order valence-corrected chi connectivity index (χ0v) is 12.9. The monoisotopic (exact) mass is 327 g/mol. The van der Waals surface area contributed by atoms with Gasteiger partial charge in [-0.25, -0.2) is 4.79 Å². The molecule has 7 nitrogen and oxygen atoms in total. The number of non-ortho nitro benzene ring substituents is 1. The highest BCUT2D eigenvalue weighted by Crippen LogP contribution is 2.29. The third kappa shape index (κ3) is 3.15. The molecule has 1 atom stereocenters. The summed E-state index contributed by atoms with van der Waals surface area (Å²) in [6, 6.07) is 15.5. The largest absolute Gasteiger partial charge is 0.465 e. The topological polar surface area (TPSA) is 86.9 Å². The van der Waals surface area contributed by atoms with Crippen LogP contribution in [0.2, 0.25) is 0 Å². The van der Waals surface area contributed by atoms with Crippen molar-refractivity contribution >= 4 is 17.5 Å².